The molecule has 1 fully saturated rings. The van der Waals surface area contributed by atoms with Crippen molar-refractivity contribution < 1.29 is 4.79 Å². The molecule has 0 bridgehead atoms. The lowest BCUT2D eigenvalue weighted by atomic mass is 9.69. The number of hydrogen-bond acceptors (Lipinski definition) is 3. The summed E-state index contributed by atoms with van der Waals surface area (Å²) >= 11 is 0. The summed E-state index contributed by atoms with van der Waals surface area (Å²) in [5.74, 6) is -0.198. The first-order chi connectivity index (χ1) is 9.14. The van der Waals surface area contributed by atoms with Crippen LogP contribution >= 0.6 is 0 Å². The molecule has 0 unspecified atom stereocenters. The van der Waals surface area contributed by atoms with Crippen molar-refractivity contribution in [3.8, 4) is 6.07 Å². The van der Waals surface area contributed by atoms with Crippen molar-refractivity contribution in [3.05, 3.63) is 24.5 Å². The van der Waals surface area contributed by atoms with Gasteiger partial charge in [0.05, 0.1) is 23.4 Å². The van der Waals surface area contributed by atoms with Crippen molar-refractivity contribution in [2.45, 2.75) is 19.3 Å². The van der Waals surface area contributed by atoms with Gasteiger partial charge < -0.3 is 9.88 Å². The Morgan fingerprint density at radius 2 is 2.32 bits per heavy atom. The fourth-order valence-corrected chi connectivity index (χ4v) is 2.38. The molecule has 0 spiro atoms. The van der Waals surface area contributed by atoms with Gasteiger partial charge in [0, 0.05) is 12.7 Å². The molecule has 0 radical (unpaired) electrons. The van der Waals surface area contributed by atoms with E-state index in [9.17, 15) is 4.79 Å². The summed E-state index contributed by atoms with van der Waals surface area (Å²) in [6.45, 7) is 0. The van der Waals surface area contributed by atoms with E-state index in [0.29, 0.717) is 18.5 Å². The predicted octanol–water partition coefficient (Wildman–Crippen LogP) is 2.21. The molecule has 0 atom stereocenters. The highest BCUT2D eigenvalue weighted by Gasteiger charge is 2.44. The lowest BCUT2D eigenvalue weighted by Gasteiger charge is -2.33. The van der Waals surface area contributed by atoms with Crippen molar-refractivity contribution in [1.82, 2.24) is 9.55 Å². The topological polar surface area (TPSA) is 70.7 Å². The Morgan fingerprint density at radius 1 is 1.53 bits per heavy atom. The number of nitrogens with one attached hydrogen (secondary N) is 1. The number of anilines is 1. The van der Waals surface area contributed by atoms with E-state index in [1.54, 1.807) is 6.33 Å². The Balaban J connectivity index is 1.85. The van der Waals surface area contributed by atoms with Gasteiger partial charge in [-0.15, -0.1) is 0 Å². The van der Waals surface area contributed by atoms with E-state index in [1.165, 1.54) is 0 Å². The van der Waals surface area contributed by atoms with E-state index >= 15 is 0 Å². The van der Waals surface area contributed by atoms with Crippen LogP contribution in [0.5, 0.6) is 0 Å². The third kappa shape index (κ3) is 1.76. The molecular formula is C14H14N4O. The Labute approximate surface area is 110 Å². The zero-order valence-electron chi connectivity index (χ0n) is 10.7. The molecule has 1 aliphatic rings. The molecule has 1 aromatic heterocycles. The maximum Gasteiger partial charge on any atom is 0.244 e. The summed E-state index contributed by atoms with van der Waals surface area (Å²) in [6.07, 6.45) is 3.99. The summed E-state index contributed by atoms with van der Waals surface area (Å²) in [7, 11) is 1.92. The zero-order chi connectivity index (χ0) is 13.5. The van der Waals surface area contributed by atoms with Crippen molar-refractivity contribution in [2.24, 2.45) is 12.5 Å². The van der Waals surface area contributed by atoms with Crippen molar-refractivity contribution >= 4 is 22.6 Å². The van der Waals surface area contributed by atoms with Crippen LogP contribution in [0.15, 0.2) is 24.5 Å². The van der Waals surface area contributed by atoms with Gasteiger partial charge in [-0.25, -0.2) is 4.98 Å². The molecule has 0 saturated heterocycles. The van der Waals surface area contributed by atoms with Gasteiger partial charge in [0.25, 0.3) is 0 Å². The van der Waals surface area contributed by atoms with Crippen LogP contribution in [0.3, 0.4) is 0 Å². The first-order valence-corrected chi connectivity index (χ1v) is 6.28. The normalized spacial score (nSPS) is 16.6. The average molecular weight is 254 g/mol. The molecule has 1 heterocycles. The number of aryl methyl sites for hydroxylation is 1. The number of benzene rings is 1. The fourth-order valence-electron chi connectivity index (χ4n) is 2.38. The number of nitrogens with zero attached hydrogens (tertiary/aromatic N) is 3. The minimum Gasteiger partial charge on any atom is -0.334 e. The number of imidazole rings is 1. The molecule has 2 aromatic rings. The summed E-state index contributed by atoms with van der Waals surface area (Å²) in [4.78, 5) is 16.4. The minimum absolute atomic E-state index is 0.198. The highest BCUT2D eigenvalue weighted by atomic mass is 16.2. The van der Waals surface area contributed by atoms with Crippen molar-refractivity contribution in [3.63, 3.8) is 0 Å². The SMILES string of the molecule is Cn1cnc2cc(NC(=O)C3(C#N)CCC3)ccc21. The number of carbonyl (C=O) groups is 1. The lowest BCUT2D eigenvalue weighted by molar-refractivity contribution is -0.126. The third-order valence-electron chi connectivity index (χ3n) is 3.84. The maximum absolute atomic E-state index is 12.1. The van der Waals surface area contributed by atoms with Crippen LogP contribution < -0.4 is 5.32 Å². The molecule has 3 rings (SSSR count). The summed E-state index contributed by atoms with van der Waals surface area (Å²) in [5, 5.41) is 12.0. The van der Waals surface area contributed by atoms with Crippen LogP contribution in [0.1, 0.15) is 19.3 Å². The van der Waals surface area contributed by atoms with Gasteiger partial charge in [-0.1, -0.05) is 0 Å². The van der Waals surface area contributed by atoms with Crippen molar-refractivity contribution in [2.75, 3.05) is 5.32 Å². The van der Waals surface area contributed by atoms with E-state index in [0.717, 1.165) is 17.5 Å². The van der Waals surface area contributed by atoms with Crippen LogP contribution in [0, 0.1) is 16.7 Å². The number of rotatable bonds is 2. The molecule has 1 amide bonds. The Hall–Kier alpha value is -2.35. The molecule has 1 aromatic carbocycles. The van der Waals surface area contributed by atoms with Gasteiger partial charge in [0.15, 0.2) is 0 Å². The van der Waals surface area contributed by atoms with E-state index in [1.807, 2.05) is 29.8 Å². The number of carbonyl (C=O) groups excluding carboxylic acids is 1. The van der Waals surface area contributed by atoms with Crippen LogP contribution in [-0.4, -0.2) is 15.5 Å². The van der Waals surface area contributed by atoms with E-state index < -0.39 is 5.41 Å². The number of nitriles is 1. The predicted molar refractivity (Wildman–Crippen MR) is 71.2 cm³/mol. The molecule has 5 nitrogen and oxygen atoms in total. The number of fused-ring (bicyclic) bond motifs is 1. The van der Waals surface area contributed by atoms with Crippen LogP contribution in [0.25, 0.3) is 11.0 Å². The van der Waals surface area contributed by atoms with Gasteiger partial charge in [0.1, 0.15) is 5.41 Å². The number of aromatic nitrogens is 2. The first-order valence-electron chi connectivity index (χ1n) is 6.28. The largest absolute Gasteiger partial charge is 0.334 e. The molecule has 96 valence electrons. The average Bonchev–Trinajstić information content (AvgIpc) is 2.70. The quantitative estimate of drug-likeness (QED) is 0.893. The summed E-state index contributed by atoms with van der Waals surface area (Å²) < 4.78 is 1.92. The summed E-state index contributed by atoms with van der Waals surface area (Å²) in [6, 6.07) is 7.73. The second kappa shape index (κ2) is 4.09. The highest BCUT2D eigenvalue weighted by Crippen LogP contribution is 2.41. The van der Waals surface area contributed by atoms with Crippen LogP contribution in [0.2, 0.25) is 0 Å². The molecule has 1 aliphatic carbocycles. The monoisotopic (exact) mass is 254 g/mol. The van der Waals surface area contributed by atoms with Gasteiger partial charge in [-0.05, 0) is 37.5 Å². The second-order valence-corrected chi connectivity index (χ2v) is 5.06. The number of hydrogen-bond donors (Lipinski definition) is 1. The molecule has 5 heteroatoms. The molecule has 1 N–H and O–H groups in total. The first kappa shape index (κ1) is 11.7. The van der Waals surface area contributed by atoms with Crippen LogP contribution in [0.4, 0.5) is 5.69 Å². The smallest absolute Gasteiger partial charge is 0.244 e. The minimum atomic E-state index is -0.820. The fraction of sp³-hybridized carbons (Fsp3) is 0.357. The molecule has 1 saturated carbocycles. The second-order valence-electron chi connectivity index (χ2n) is 5.06. The molecular weight excluding hydrogens is 240 g/mol. The van der Waals surface area contributed by atoms with E-state index in [2.05, 4.69) is 16.4 Å². The van der Waals surface area contributed by atoms with Gasteiger partial charge >= 0.3 is 0 Å². The van der Waals surface area contributed by atoms with E-state index in [4.69, 9.17) is 5.26 Å². The zero-order valence-corrected chi connectivity index (χ0v) is 10.7. The Morgan fingerprint density at radius 3 is 2.95 bits per heavy atom. The Kier molecular flexibility index (Phi) is 2.53. The highest BCUT2D eigenvalue weighted by molar-refractivity contribution is 5.99. The Bertz CT molecular complexity index is 691. The number of amides is 1. The standard InChI is InChI=1S/C14H14N4O/c1-18-9-16-11-7-10(3-4-12(11)18)17-13(19)14(8-15)5-2-6-14/h3-4,7,9H,2,5-6H2,1H3,(H,17,19). The third-order valence-corrected chi connectivity index (χ3v) is 3.84. The van der Waals surface area contributed by atoms with Gasteiger partial charge in [-0.2, -0.15) is 5.26 Å². The maximum atomic E-state index is 12.1. The molecule has 0 aliphatic heterocycles. The van der Waals surface area contributed by atoms with Crippen molar-refractivity contribution in [1.29, 1.82) is 5.26 Å². The summed E-state index contributed by atoms with van der Waals surface area (Å²) in [5.41, 5.74) is 1.72. The molecule has 19 heavy (non-hydrogen) atoms. The lowest BCUT2D eigenvalue weighted by Crippen LogP contribution is -2.40. The van der Waals surface area contributed by atoms with E-state index in [-0.39, 0.29) is 5.91 Å². The van der Waals surface area contributed by atoms with Gasteiger partial charge in [0.2, 0.25) is 5.91 Å². The van der Waals surface area contributed by atoms with Crippen LogP contribution in [-0.2, 0) is 11.8 Å². The van der Waals surface area contributed by atoms with Gasteiger partial charge in [-0.3, -0.25) is 4.79 Å².